The Labute approximate surface area is 64.5 Å². The molecular formula is C8H8N2O. The van der Waals surface area contributed by atoms with Crippen LogP contribution in [0.2, 0.25) is 0 Å². The van der Waals surface area contributed by atoms with Crippen molar-refractivity contribution in [3.8, 4) is 5.75 Å². The maximum atomic E-state index is 5.65. The summed E-state index contributed by atoms with van der Waals surface area (Å²) in [6.07, 6.45) is 1.71. The zero-order chi connectivity index (χ0) is 7.68. The number of ether oxygens (including phenoxy) is 1. The predicted molar refractivity (Wildman–Crippen MR) is 44.5 cm³/mol. The minimum absolute atomic E-state index is 0.538. The van der Waals surface area contributed by atoms with Gasteiger partial charge in [-0.2, -0.15) is 0 Å². The largest absolute Gasteiger partial charge is 0.486 e. The van der Waals surface area contributed by atoms with Crippen LogP contribution < -0.4 is 10.5 Å². The minimum Gasteiger partial charge on any atom is -0.486 e. The SMILES string of the molecule is Nc1cccc2c1N=CCO2. The van der Waals surface area contributed by atoms with Gasteiger partial charge in [-0.15, -0.1) is 0 Å². The van der Waals surface area contributed by atoms with Gasteiger partial charge < -0.3 is 10.5 Å². The van der Waals surface area contributed by atoms with Crippen LogP contribution in [0.1, 0.15) is 0 Å². The first-order valence-electron chi connectivity index (χ1n) is 3.42. The minimum atomic E-state index is 0.538. The van der Waals surface area contributed by atoms with Crippen molar-refractivity contribution in [3.63, 3.8) is 0 Å². The van der Waals surface area contributed by atoms with E-state index in [1.165, 1.54) is 0 Å². The fraction of sp³-hybridized carbons (Fsp3) is 0.125. The van der Waals surface area contributed by atoms with Crippen LogP contribution in [-0.4, -0.2) is 12.8 Å². The first-order valence-corrected chi connectivity index (χ1v) is 3.42. The van der Waals surface area contributed by atoms with Gasteiger partial charge in [0.15, 0.2) is 0 Å². The van der Waals surface area contributed by atoms with Crippen LogP contribution in [0.3, 0.4) is 0 Å². The Hall–Kier alpha value is -1.51. The smallest absolute Gasteiger partial charge is 0.147 e. The highest BCUT2D eigenvalue weighted by atomic mass is 16.5. The van der Waals surface area contributed by atoms with Crippen molar-refractivity contribution in [2.45, 2.75) is 0 Å². The Balaban J connectivity index is 2.60. The molecule has 0 saturated carbocycles. The summed E-state index contributed by atoms with van der Waals surface area (Å²) in [5.41, 5.74) is 7.06. The molecule has 1 aliphatic heterocycles. The lowest BCUT2D eigenvalue weighted by Gasteiger charge is -2.12. The summed E-state index contributed by atoms with van der Waals surface area (Å²) in [4.78, 5) is 4.12. The number of nitrogens with zero attached hydrogens (tertiary/aromatic N) is 1. The fourth-order valence-electron chi connectivity index (χ4n) is 1.05. The number of rotatable bonds is 0. The summed E-state index contributed by atoms with van der Waals surface area (Å²) in [6.45, 7) is 0.538. The molecule has 1 aromatic rings. The normalized spacial score (nSPS) is 13.8. The van der Waals surface area contributed by atoms with Crippen LogP contribution in [0.15, 0.2) is 23.2 Å². The Morgan fingerprint density at radius 3 is 3.18 bits per heavy atom. The molecule has 2 N–H and O–H groups in total. The number of anilines is 1. The molecule has 0 bridgehead atoms. The first kappa shape index (κ1) is 6.22. The van der Waals surface area contributed by atoms with Crippen molar-refractivity contribution in [2.75, 3.05) is 12.3 Å². The summed E-state index contributed by atoms with van der Waals surface area (Å²) in [6, 6.07) is 5.53. The van der Waals surface area contributed by atoms with Crippen LogP contribution in [0, 0.1) is 0 Å². The molecule has 1 aliphatic rings. The fourth-order valence-corrected chi connectivity index (χ4v) is 1.05. The molecule has 0 aliphatic carbocycles. The Morgan fingerprint density at radius 1 is 1.45 bits per heavy atom. The van der Waals surface area contributed by atoms with Gasteiger partial charge in [-0.3, -0.25) is 4.99 Å². The molecule has 0 aromatic heterocycles. The van der Waals surface area contributed by atoms with Crippen molar-refractivity contribution >= 4 is 17.6 Å². The number of aliphatic imine (C=N–C) groups is 1. The third-order valence-electron chi connectivity index (χ3n) is 1.56. The molecule has 0 atom stereocenters. The van der Waals surface area contributed by atoms with Gasteiger partial charge in [0.05, 0.1) is 5.69 Å². The van der Waals surface area contributed by atoms with Gasteiger partial charge in [-0.05, 0) is 12.1 Å². The van der Waals surface area contributed by atoms with E-state index in [4.69, 9.17) is 10.5 Å². The molecule has 0 fully saturated rings. The Kier molecular flexibility index (Phi) is 1.28. The molecule has 0 amide bonds. The topological polar surface area (TPSA) is 47.6 Å². The highest BCUT2D eigenvalue weighted by Gasteiger charge is 2.07. The first-order chi connectivity index (χ1) is 5.38. The maximum absolute atomic E-state index is 5.65. The summed E-state index contributed by atoms with van der Waals surface area (Å²) < 4.78 is 5.27. The third kappa shape index (κ3) is 0.941. The number of fused-ring (bicyclic) bond motifs is 1. The van der Waals surface area contributed by atoms with E-state index >= 15 is 0 Å². The second kappa shape index (κ2) is 2.27. The number of benzene rings is 1. The zero-order valence-corrected chi connectivity index (χ0v) is 5.95. The average molecular weight is 148 g/mol. The lowest BCUT2D eigenvalue weighted by Crippen LogP contribution is -2.03. The molecular weight excluding hydrogens is 140 g/mol. The summed E-state index contributed by atoms with van der Waals surface area (Å²) in [5.74, 6) is 0.771. The quantitative estimate of drug-likeness (QED) is 0.565. The van der Waals surface area contributed by atoms with Crippen LogP contribution in [0.4, 0.5) is 11.4 Å². The average Bonchev–Trinajstić information content (AvgIpc) is 2.06. The van der Waals surface area contributed by atoms with Crippen LogP contribution in [-0.2, 0) is 0 Å². The second-order valence-electron chi connectivity index (χ2n) is 2.32. The molecule has 3 heteroatoms. The Bertz CT molecular complexity index is 307. The number of hydrogen-bond donors (Lipinski definition) is 1. The van der Waals surface area contributed by atoms with E-state index in [2.05, 4.69) is 4.99 Å². The molecule has 2 rings (SSSR count). The monoisotopic (exact) mass is 148 g/mol. The predicted octanol–water partition coefficient (Wildman–Crippen LogP) is 1.36. The molecule has 3 nitrogen and oxygen atoms in total. The second-order valence-corrected chi connectivity index (χ2v) is 2.32. The number of nitrogen functional groups attached to an aromatic ring is 1. The summed E-state index contributed by atoms with van der Waals surface area (Å²) in [5, 5.41) is 0. The van der Waals surface area contributed by atoms with Gasteiger partial charge in [0.2, 0.25) is 0 Å². The van der Waals surface area contributed by atoms with Crippen LogP contribution >= 0.6 is 0 Å². The van der Waals surface area contributed by atoms with Crippen LogP contribution in [0.5, 0.6) is 5.75 Å². The van der Waals surface area contributed by atoms with Crippen molar-refractivity contribution in [3.05, 3.63) is 18.2 Å². The van der Waals surface area contributed by atoms with Gasteiger partial charge in [0, 0.05) is 6.21 Å². The van der Waals surface area contributed by atoms with E-state index in [-0.39, 0.29) is 0 Å². The Morgan fingerprint density at radius 2 is 2.36 bits per heavy atom. The lowest BCUT2D eigenvalue weighted by atomic mass is 10.2. The van der Waals surface area contributed by atoms with Crippen molar-refractivity contribution < 1.29 is 4.74 Å². The van der Waals surface area contributed by atoms with Gasteiger partial charge in [0.25, 0.3) is 0 Å². The molecule has 0 unspecified atom stereocenters. The van der Waals surface area contributed by atoms with Gasteiger partial charge >= 0.3 is 0 Å². The summed E-state index contributed by atoms with van der Waals surface area (Å²) in [7, 11) is 0. The van der Waals surface area contributed by atoms with Gasteiger partial charge in [-0.1, -0.05) is 6.07 Å². The molecule has 0 saturated heterocycles. The van der Waals surface area contributed by atoms with E-state index in [9.17, 15) is 0 Å². The zero-order valence-electron chi connectivity index (χ0n) is 5.95. The van der Waals surface area contributed by atoms with E-state index in [1.54, 1.807) is 6.21 Å². The van der Waals surface area contributed by atoms with Gasteiger partial charge in [0.1, 0.15) is 18.0 Å². The molecule has 56 valence electrons. The van der Waals surface area contributed by atoms with Crippen molar-refractivity contribution in [1.82, 2.24) is 0 Å². The molecule has 11 heavy (non-hydrogen) atoms. The molecule has 1 aromatic carbocycles. The molecule has 0 radical (unpaired) electrons. The summed E-state index contributed by atoms with van der Waals surface area (Å²) >= 11 is 0. The van der Waals surface area contributed by atoms with E-state index < -0.39 is 0 Å². The highest BCUT2D eigenvalue weighted by molar-refractivity contribution is 5.78. The molecule has 1 heterocycles. The number of hydrogen-bond acceptors (Lipinski definition) is 3. The lowest BCUT2D eigenvalue weighted by molar-refractivity contribution is 0.377. The van der Waals surface area contributed by atoms with E-state index in [0.717, 1.165) is 11.4 Å². The van der Waals surface area contributed by atoms with Gasteiger partial charge in [-0.25, -0.2) is 0 Å². The maximum Gasteiger partial charge on any atom is 0.147 e. The third-order valence-corrected chi connectivity index (χ3v) is 1.56. The standard InChI is InChI=1S/C8H8N2O/c9-6-2-1-3-7-8(6)10-4-5-11-7/h1-4H,5,9H2. The molecule has 0 spiro atoms. The number of nitrogens with two attached hydrogens (primary N) is 1. The highest BCUT2D eigenvalue weighted by Crippen LogP contribution is 2.34. The van der Waals surface area contributed by atoms with Crippen molar-refractivity contribution in [1.29, 1.82) is 0 Å². The van der Waals surface area contributed by atoms with Crippen molar-refractivity contribution in [2.24, 2.45) is 4.99 Å². The number of para-hydroxylation sites is 1. The van der Waals surface area contributed by atoms with E-state index in [1.807, 2.05) is 18.2 Å². The van der Waals surface area contributed by atoms with E-state index in [0.29, 0.717) is 12.3 Å². The van der Waals surface area contributed by atoms with Crippen LogP contribution in [0.25, 0.3) is 0 Å².